The third-order valence-corrected chi connectivity index (χ3v) is 5.12. The molecule has 4 rings (SSSR count). The molecule has 0 fully saturated rings. The minimum atomic E-state index is -0.675. The predicted octanol–water partition coefficient (Wildman–Crippen LogP) is 4.99. The van der Waals surface area contributed by atoms with Gasteiger partial charge in [0, 0.05) is 27.8 Å². The number of fused-ring (bicyclic) bond motifs is 1. The molecule has 2 aromatic carbocycles. The highest BCUT2D eigenvalue weighted by Crippen LogP contribution is 2.27. The molecule has 2 unspecified atom stereocenters. The van der Waals surface area contributed by atoms with Crippen LogP contribution in [0.2, 0.25) is 0 Å². The summed E-state index contributed by atoms with van der Waals surface area (Å²) in [6.45, 7) is 1.94. The lowest BCUT2D eigenvalue weighted by Gasteiger charge is -2.22. The summed E-state index contributed by atoms with van der Waals surface area (Å²) in [4.78, 5) is 13.5. The molecule has 5 nitrogen and oxygen atoms in total. The van der Waals surface area contributed by atoms with Crippen LogP contribution in [0.4, 0.5) is 5.82 Å². The Bertz CT molecular complexity index is 1090. The van der Waals surface area contributed by atoms with E-state index in [2.05, 4.69) is 31.2 Å². The summed E-state index contributed by atoms with van der Waals surface area (Å²) in [7, 11) is 0. The van der Waals surface area contributed by atoms with E-state index in [4.69, 9.17) is 4.98 Å². The fourth-order valence-corrected chi connectivity index (χ4v) is 3.32. The van der Waals surface area contributed by atoms with Gasteiger partial charge in [-0.15, -0.1) is 0 Å². The van der Waals surface area contributed by atoms with Crippen molar-refractivity contribution < 1.29 is 5.11 Å². The van der Waals surface area contributed by atoms with Gasteiger partial charge in [0.05, 0.1) is 17.7 Å². The first kappa shape index (κ1) is 18.5. The van der Waals surface area contributed by atoms with Crippen LogP contribution in [0.1, 0.15) is 18.6 Å². The fraction of sp³-hybridized carbons (Fsp3) is 0.136. The summed E-state index contributed by atoms with van der Waals surface area (Å²) in [6.07, 6.45) is 2.77. The Morgan fingerprint density at radius 3 is 2.39 bits per heavy atom. The number of pyridine rings is 1. The third-order valence-electron chi connectivity index (χ3n) is 4.59. The maximum Gasteiger partial charge on any atom is 0.162 e. The Morgan fingerprint density at radius 1 is 0.929 bits per heavy atom. The number of hydrogen-bond donors (Lipinski definition) is 2. The van der Waals surface area contributed by atoms with Crippen molar-refractivity contribution in [2.75, 3.05) is 5.32 Å². The van der Waals surface area contributed by atoms with E-state index in [1.165, 1.54) is 0 Å². The van der Waals surface area contributed by atoms with E-state index >= 15 is 0 Å². The second-order valence-electron chi connectivity index (χ2n) is 6.58. The fourth-order valence-electron chi connectivity index (χ4n) is 3.06. The topological polar surface area (TPSA) is 70.9 Å². The van der Waals surface area contributed by atoms with Gasteiger partial charge in [0.1, 0.15) is 5.82 Å². The van der Waals surface area contributed by atoms with Gasteiger partial charge in [0.25, 0.3) is 0 Å². The van der Waals surface area contributed by atoms with E-state index < -0.39 is 6.10 Å². The van der Waals surface area contributed by atoms with Crippen LogP contribution in [0.25, 0.3) is 22.3 Å². The molecule has 2 aromatic heterocycles. The van der Waals surface area contributed by atoms with Crippen LogP contribution in [0.15, 0.2) is 77.5 Å². The molecule has 0 aliphatic rings. The van der Waals surface area contributed by atoms with Crippen molar-refractivity contribution >= 4 is 32.7 Å². The monoisotopic (exact) mass is 434 g/mol. The number of aliphatic hydroxyl groups excluding tert-OH is 1. The van der Waals surface area contributed by atoms with Gasteiger partial charge in [0.2, 0.25) is 0 Å². The zero-order valence-corrected chi connectivity index (χ0v) is 16.8. The van der Waals surface area contributed by atoms with E-state index in [0.717, 1.165) is 26.5 Å². The molecule has 28 heavy (non-hydrogen) atoms. The molecule has 0 aliphatic carbocycles. The average molecular weight is 435 g/mol. The van der Waals surface area contributed by atoms with Gasteiger partial charge in [-0.1, -0.05) is 40.2 Å². The maximum atomic E-state index is 10.8. The molecule has 2 heterocycles. The van der Waals surface area contributed by atoms with Gasteiger partial charge in [-0.05, 0) is 48.9 Å². The molecule has 2 N–H and O–H groups in total. The first-order valence-corrected chi connectivity index (χ1v) is 9.78. The average Bonchev–Trinajstić information content (AvgIpc) is 2.74. The summed E-state index contributed by atoms with van der Waals surface area (Å²) in [5.74, 6) is 1.31. The number of aliphatic hydroxyl groups is 1. The highest BCUT2D eigenvalue weighted by molar-refractivity contribution is 9.10. The van der Waals surface area contributed by atoms with Crippen molar-refractivity contribution in [1.29, 1.82) is 0 Å². The Kier molecular flexibility index (Phi) is 5.32. The van der Waals surface area contributed by atoms with Gasteiger partial charge in [-0.2, -0.15) is 0 Å². The number of benzene rings is 2. The summed E-state index contributed by atoms with van der Waals surface area (Å²) in [5.41, 5.74) is 2.58. The maximum absolute atomic E-state index is 10.8. The van der Waals surface area contributed by atoms with E-state index in [1.807, 2.05) is 67.6 Å². The number of nitrogens with one attached hydrogen (secondary N) is 1. The van der Waals surface area contributed by atoms with Crippen LogP contribution in [0.3, 0.4) is 0 Å². The van der Waals surface area contributed by atoms with Gasteiger partial charge >= 0.3 is 0 Å². The number of anilines is 1. The van der Waals surface area contributed by atoms with E-state index in [-0.39, 0.29) is 6.04 Å². The van der Waals surface area contributed by atoms with Crippen LogP contribution in [0, 0.1) is 0 Å². The summed E-state index contributed by atoms with van der Waals surface area (Å²) >= 11 is 3.42. The Hall–Kier alpha value is -2.83. The van der Waals surface area contributed by atoms with Crippen LogP contribution >= 0.6 is 15.9 Å². The minimum Gasteiger partial charge on any atom is -0.386 e. The first-order valence-electron chi connectivity index (χ1n) is 8.99. The molecule has 0 bridgehead atoms. The number of aromatic nitrogens is 3. The second kappa shape index (κ2) is 8.04. The molecule has 2 atom stereocenters. The van der Waals surface area contributed by atoms with Crippen LogP contribution < -0.4 is 5.32 Å². The number of halogens is 1. The minimum absolute atomic E-state index is 0.246. The molecule has 4 aromatic rings. The quantitative estimate of drug-likeness (QED) is 0.462. The van der Waals surface area contributed by atoms with Crippen molar-refractivity contribution in [2.45, 2.75) is 19.1 Å². The lowest BCUT2D eigenvalue weighted by Crippen LogP contribution is -2.25. The normalized spacial score (nSPS) is 13.2. The molecule has 0 spiro atoms. The van der Waals surface area contributed by atoms with Gasteiger partial charge in [0.15, 0.2) is 5.82 Å². The number of para-hydroxylation sites is 1. The molecule has 0 radical (unpaired) electrons. The predicted molar refractivity (Wildman–Crippen MR) is 115 cm³/mol. The first-order chi connectivity index (χ1) is 13.6. The lowest BCUT2D eigenvalue weighted by molar-refractivity contribution is 0.160. The number of hydrogen-bond acceptors (Lipinski definition) is 5. The third kappa shape index (κ3) is 3.88. The SMILES string of the molecule is CC(Nc1nc(-c2ccncc2)nc2ccccc12)C(O)c1ccc(Br)cc1. The zero-order valence-electron chi connectivity index (χ0n) is 15.2. The summed E-state index contributed by atoms with van der Waals surface area (Å²) in [6, 6.07) is 19.0. The summed E-state index contributed by atoms with van der Waals surface area (Å²) < 4.78 is 0.979. The van der Waals surface area contributed by atoms with E-state index in [0.29, 0.717) is 11.6 Å². The molecule has 140 valence electrons. The van der Waals surface area contributed by atoms with E-state index in [1.54, 1.807) is 12.4 Å². The standard InChI is InChI=1S/C22H19BrN4O/c1-14(20(28)15-6-8-17(23)9-7-15)25-22-18-4-2-3-5-19(18)26-21(27-22)16-10-12-24-13-11-16/h2-14,20,28H,1H3,(H,25,26,27). The van der Waals surface area contributed by atoms with Gasteiger partial charge in [-0.3, -0.25) is 4.98 Å². The van der Waals surface area contributed by atoms with E-state index in [9.17, 15) is 5.11 Å². The molecular weight excluding hydrogens is 416 g/mol. The van der Waals surface area contributed by atoms with Gasteiger partial charge in [-0.25, -0.2) is 9.97 Å². The lowest BCUT2D eigenvalue weighted by atomic mass is 10.0. The molecule has 0 aliphatic heterocycles. The van der Waals surface area contributed by atoms with Crippen LogP contribution in [-0.2, 0) is 0 Å². The molecule has 0 saturated heterocycles. The molecular formula is C22H19BrN4O. The zero-order chi connectivity index (χ0) is 19.5. The number of rotatable bonds is 5. The smallest absolute Gasteiger partial charge is 0.162 e. The van der Waals surface area contributed by atoms with Crippen molar-refractivity contribution in [1.82, 2.24) is 15.0 Å². The van der Waals surface area contributed by atoms with Crippen molar-refractivity contribution in [2.24, 2.45) is 0 Å². The Balaban J connectivity index is 1.70. The highest BCUT2D eigenvalue weighted by atomic mass is 79.9. The largest absolute Gasteiger partial charge is 0.386 e. The Labute approximate surface area is 171 Å². The van der Waals surface area contributed by atoms with Crippen LogP contribution in [-0.4, -0.2) is 26.1 Å². The molecule has 0 amide bonds. The summed E-state index contributed by atoms with van der Waals surface area (Å²) in [5, 5.41) is 15.1. The Morgan fingerprint density at radius 2 is 1.64 bits per heavy atom. The molecule has 0 saturated carbocycles. The van der Waals surface area contributed by atoms with Crippen molar-refractivity contribution in [3.05, 3.63) is 83.1 Å². The van der Waals surface area contributed by atoms with Gasteiger partial charge < -0.3 is 10.4 Å². The molecule has 6 heteroatoms. The second-order valence-corrected chi connectivity index (χ2v) is 7.49. The number of nitrogens with zero attached hydrogens (tertiary/aromatic N) is 3. The van der Waals surface area contributed by atoms with Crippen molar-refractivity contribution in [3.8, 4) is 11.4 Å². The van der Waals surface area contributed by atoms with Crippen molar-refractivity contribution in [3.63, 3.8) is 0 Å². The van der Waals surface area contributed by atoms with Crippen LogP contribution in [0.5, 0.6) is 0 Å². The highest BCUT2D eigenvalue weighted by Gasteiger charge is 2.18.